The van der Waals surface area contributed by atoms with E-state index in [-0.39, 0.29) is 5.78 Å². The second kappa shape index (κ2) is 4.94. The van der Waals surface area contributed by atoms with Crippen LogP contribution in [0.4, 0.5) is 0 Å². The number of benzene rings is 1. The van der Waals surface area contributed by atoms with Crippen LogP contribution in [0.15, 0.2) is 48.7 Å². The lowest BCUT2D eigenvalue weighted by Crippen LogP contribution is -1.98. The Bertz CT molecular complexity index is 745. The second-order valence-corrected chi connectivity index (χ2v) is 5.53. The summed E-state index contributed by atoms with van der Waals surface area (Å²) < 4.78 is 0. The van der Waals surface area contributed by atoms with Crippen molar-refractivity contribution >= 4 is 28.0 Å². The molecule has 19 heavy (non-hydrogen) atoms. The van der Waals surface area contributed by atoms with Gasteiger partial charge in [-0.05, 0) is 30.7 Å². The van der Waals surface area contributed by atoms with Gasteiger partial charge >= 0.3 is 0 Å². The monoisotopic (exact) mass is 267 g/mol. The van der Waals surface area contributed by atoms with Gasteiger partial charge < -0.3 is 0 Å². The Balaban J connectivity index is 2.01. The summed E-state index contributed by atoms with van der Waals surface area (Å²) in [4.78, 5) is 18.7. The minimum atomic E-state index is 0.0808. The maximum atomic E-state index is 12.4. The average molecular weight is 267 g/mol. The van der Waals surface area contributed by atoms with Gasteiger partial charge in [-0.25, -0.2) is 0 Å². The molecule has 0 saturated carbocycles. The molecule has 3 aromatic rings. The molecule has 94 valence electrons. The SMILES string of the molecule is CCc1ccc(C(=O)c2ccc3cccnc3c2)s1. The summed E-state index contributed by atoms with van der Waals surface area (Å²) in [6, 6.07) is 13.5. The molecule has 0 aliphatic carbocycles. The first-order valence-electron chi connectivity index (χ1n) is 6.26. The molecular formula is C16H13NOS. The molecule has 2 heterocycles. The highest BCUT2D eigenvalue weighted by molar-refractivity contribution is 7.14. The number of nitrogens with zero attached hydrogens (tertiary/aromatic N) is 1. The average Bonchev–Trinajstić information content (AvgIpc) is 2.95. The van der Waals surface area contributed by atoms with Crippen LogP contribution in [0.2, 0.25) is 0 Å². The van der Waals surface area contributed by atoms with Crippen LogP contribution in [0.5, 0.6) is 0 Å². The van der Waals surface area contributed by atoms with Crippen LogP contribution in [0.1, 0.15) is 27.0 Å². The van der Waals surface area contributed by atoms with Crippen LogP contribution < -0.4 is 0 Å². The van der Waals surface area contributed by atoms with E-state index in [0.29, 0.717) is 5.56 Å². The fourth-order valence-corrected chi connectivity index (χ4v) is 2.95. The second-order valence-electron chi connectivity index (χ2n) is 4.36. The minimum Gasteiger partial charge on any atom is -0.288 e. The van der Waals surface area contributed by atoms with Crippen LogP contribution >= 0.6 is 11.3 Å². The molecule has 0 amide bonds. The number of aryl methyl sites for hydroxylation is 1. The Kier molecular flexibility index (Phi) is 3.13. The summed E-state index contributed by atoms with van der Waals surface area (Å²) in [5, 5.41) is 1.06. The molecule has 2 aromatic heterocycles. The Hall–Kier alpha value is -2.00. The molecule has 0 unspecified atom stereocenters. The molecule has 0 aliphatic heterocycles. The quantitative estimate of drug-likeness (QED) is 0.669. The molecular weight excluding hydrogens is 254 g/mol. The highest BCUT2D eigenvalue weighted by Crippen LogP contribution is 2.22. The van der Waals surface area contributed by atoms with Crippen LogP contribution in [0, 0.1) is 0 Å². The van der Waals surface area contributed by atoms with Gasteiger partial charge in [0.15, 0.2) is 0 Å². The molecule has 3 rings (SSSR count). The number of fused-ring (bicyclic) bond motifs is 1. The summed E-state index contributed by atoms with van der Waals surface area (Å²) in [7, 11) is 0. The van der Waals surface area contributed by atoms with Crippen molar-refractivity contribution in [2.24, 2.45) is 0 Å². The van der Waals surface area contributed by atoms with E-state index in [1.165, 1.54) is 4.88 Å². The molecule has 0 bridgehead atoms. The van der Waals surface area contributed by atoms with Crippen LogP contribution in [-0.2, 0) is 6.42 Å². The van der Waals surface area contributed by atoms with Crippen LogP contribution in [0.3, 0.4) is 0 Å². The van der Waals surface area contributed by atoms with Crippen LogP contribution in [-0.4, -0.2) is 10.8 Å². The van der Waals surface area contributed by atoms with Gasteiger partial charge in [-0.2, -0.15) is 0 Å². The zero-order valence-corrected chi connectivity index (χ0v) is 11.4. The van der Waals surface area contributed by atoms with Crippen molar-refractivity contribution in [1.29, 1.82) is 0 Å². The van der Waals surface area contributed by atoms with Crippen molar-refractivity contribution in [3.63, 3.8) is 0 Å². The Morgan fingerprint density at radius 3 is 2.89 bits per heavy atom. The summed E-state index contributed by atoms with van der Waals surface area (Å²) in [6.07, 6.45) is 2.72. The minimum absolute atomic E-state index is 0.0808. The molecule has 0 radical (unpaired) electrons. The van der Waals surface area contributed by atoms with Gasteiger partial charge in [0.1, 0.15) is 0 Å². The molecule has 2 nitrogen and oxygen atoms in total. The largest absolute Gasteiger partial charge is 0.288 e. The number of ketones is 1. The van der Waals surface area contributed by atoms with Crippen LogP contribution in [0.25, 0.3) is 10.9 Å². The molecule has 3 heteroatoms. The highest BCUT2D eigenvalue weighted by atomic mass is 32.1. The number of pyridine rings is 1. The summed E-state index contributed by atoms with van der Waals surface area (Å²) in [6.45, 7) is 2.10. The predicted octanol–water partition coefficient (Wildman–Crippen LogP) is 4.09. The zero-order chi connectivity index (χ0) is 13.2. The van der Waals surface area contributed by atoms with E-state index in [9.17, 15) is 4.79 Å². The van der Waals surface area contributed by atoms with Crippen molar-refractivity contribution in [1.82, 2.24) is 4.98 Å². The molecule has 0 fully saturated rings. The molecule has 0 atom stereocenters. The zero-order valence-electron chi connectivity index (χ0n) is 10.6. The molecule has 0 N–H and O–H groups in total. The lowest BCUT2D eigenvalue weighted by atomic mass is 10.1. The normalized spacial score (nSPS) is 10.8. The van der Waals surface area contributed by atoms with Gasteiger partial charge in [-0.15, -0.1) is 11.3 Å². The maximum Gasteiger partial charge on any atom is 0.203 e. The lowest BCUT2D eigenvalue weighted by molar-refractivity contribution is 0.104. The number of carbonyl (C=O) groups is 1. The molecule has 0 aliphatic rings. The number of hydrogen-bond donors (Lipinski definition) is 0. The Labute approximate surface area is 115 Å². The van der Waals surface area contributed by atoms with E-state index in [1.54, 1.807) is 17.5 Å². The first kappa shape index (κ1) is 12.1. The smallest absolute Gasteiger partial charge is 0.203 e. The van der Waals surface area contributed by atoms with E-state index >= 15 is 0 Å². The number of thiophene rings is 1. The topological polar surface area (TPSA) is 30.0 Å². The first-order valence-corrected chi connectivity index (χ1v) is 7.08. The van der Waals surface area contributed by atoms with Gasteiger partial charge in [-0.3, -0.25) is 9.78 Å². The van der Waals surface area contributed by atoms with E-state index in [0.717, 1.165) is 22.2 Å². The number of carbonyl (C=O) groups excluding carboxylic acids is 1. The van der Waals surface area contributed by atoms with Crippen molar-refractivity contribution in [3.05, 3.63) is 64.0 Å². The number of aromatic nitrogens is 1. The third-order valence-electron chi connectivity index (χ3n) is 3.10. The Morgan fingerprint density at radius 2 is 2.11 bits per heavy atom. The predicted molar refractivity (Wildman–Crippen MR) is 78.9 cm³/mol. The van der Waals surface area contributed by atoms with E-state index in [2.05, 4.69) is 11.9 Å². The van der Waals surface area contributed by atoms with Gasteiger partial charge in [0.05, 0.1) is 10.4 Å². The van der Waals surface area contributed by atoms with Crippen molar-refractivity contribution in [3.8, 4) is 0 Å². The fraction of sp³-hybridized carbons (Fsp3) is 0.125. The third kappa shape index (κ3) is 2.29. The number of rotatable bonds is 3. The van der Waals surface area contributed by atoms with E-state index < -0.39 is 0 Å². The van der Waals surface area contributed by atoms with Gasteiger partial charge in [0.25, 0.3) is 0 Å². The molecule has 0 spiro atoms. The number of hydrogen-bond acceptors (Lipinski definition) is 3. The van der Waals surface area contributed by atoms with Gasteiger partial charge in [0, 0.05) is 22.0 Å². The standard InChI is InChI=1S/C16H13NOS/c1-2-13-7-8-15(19-13)16(18)12-6-5-11-4-3-9-17-14(11)10-12/h3-10H,2H2,1H3. The Morgan fingerprint density at radius 1 is 1.21 bits per heavy atom. The third-order valence-corrected chi connectivity index (χ3v) is 4.33. The lowest BCUT2D eigenvalue weighted by Gasteiger charge is -2.01. The molecule has 0 saturated heterocycles. The maximum absolute atomic E-state index is 12.4. The van der Waals surface area contributed by atoms with Crippen molar-refractivity contribution in [2.45, 2.75) is 13.3 Å². The highest BCUT2D eigenvalue weighted by Gasteiger charge is 2.12. The van der Waals surface area contributed by atoms with Gasteiger partial charge in [-0.1, -0.05) is 25.1 Å². The first-order chi connectivity index (χ1) is 9.28. The van der Waals surface area contributed by atoms with Crippen molar-refractivity contribution in [2.75, 3.05) is 0 Å². The van der Waals surface area contributed by atoms with E-state index in [4.69, 9.17) is 0 Å². The molecule has 1 aromatic carbocycles. The van der Waals surface area contributed by atoms with E-state index in [1.807, 2.05) is 42.5 Å². The summed E-state index contributed by atoms with van der Waals surface area (Å²) in [5.74, 6) is 0.0808. The summed E-state index contributed by atoms with van der Waals surface area (Å²) in [5.41, 5.74) is 1.57. The summed E-state index contributed by atoms with van der Waals surface area (Å²) >= 11 is 1.57. The fourth-order valence-electron chi connectivity index (χ4n) is 2.04. The van der Waals surface area contributed by atoms with Crippen molar-refractivity contribution < 1.29 is 4.79 Å². The van der Waals surface area contributed by atoms with Gasteiger partial charge in [0.2, 0.25) is 5.78 Å².